The molecule has 0 fully saturated rings. The second-order valence-electron chi connectivity index (χ2n) is 4.36. The number of carbonyl (C=O) groups is 1. The first-order valence-electron chi connectivity index (χ1n) is 6.33. The maximum absolute atomic E-state index is 11.7. The average molecular weight is 329 g/mol. The number of carbonyl (C=O) groups excluding carboxylic acids is 1. The molecule has 114 valence electrons. The number of nitro benzene ring substituents is 1. The molecule has 0 radical (unpaired) electrons. The number of nitrogens with zero attached hydrogens (tertiary/aromatic N) is 2. The van der Waals surface area contributed by atoms with Crippen molar-refractivity contribution >= 4 is 29.3 Å². The zero-order valence-electron chi connectivity index (χ0n) is 11.6. The van der Waals surface area contributed by atoms with Crippen LogP contribution in [0.15, 0.2) is 48.5 Å². The van der Waals surface area contributed by atoms with Gasteiger partial charge < -0.3 is 4.74 Å². The van der Waals surface area contributed by atoms with Gasteiger partial charge in [0.05, 0.1) is 16.6 Å². The third-order valence-electron chi connectivity index (χ3n) is 2.78. The smallest absolute Gasteiger partial charge is 0.336 e. The minimum absolute atomic E-state index is 0.0207. The van der Waals surface area contributed by atoms with Crippen LogP contribution < -0.4 is 4.74 Å². The van der Waals surface area contributed by atoms with Gasteiger partial charge in [0.15, 0.2) is 0 Å². The monoisotopic (exact) mass is 328 g/mol. The fourth-order valence-electron chi connectivity index (χ4n) is 1.69. The summed E-state index contributed by atoms with van der Waals surface area (Å²) in [6.45, 7) is 0. The maximum Gasteiger partial charge on any atom is 0.336 e. The molecular formula is C16H9ClN2O4. The summed E-state index contributed by atoms with van der Waals surface area (Å²) in [6, 6.07) is 12.2. The number of nitriles is 1. The van der Waals surface area contributed by atoms with Crippen LogP contribution in [0, 0.1) is 21.4 Å². The van der Waals surface area contributed by atoms with E-state index in [1.54, 1.807) is 6.07 Å². The topological polar surface area (TPSA) is 93.2 Å². The normalized spacial score (nSPS) is 10.3. The van der Waals surface area contributed by atoms with Gasteiger partial charge in [0.2, 0.25) is 0 Å². The summed E-state index contributed by atoms with van der Waals surface area (Å²) in [4.78, 5) is 21.9. The summed E-state index contributed by atoms with van der Waals surface area (Å²) in [5, 5.41) is 19.5. The molecule has 0 bridgehead atoms. The second kappa shape index (κ2) is 7.20. The molecule has 2 aromatic rings. The fraction of sp³-hybridized carbons (Fsp3) is 0. The largest absolute Gasteiger partial charge is 0.423 e. The molecule has 0 heterocycles. The van der Waals surface area contributed by atoms with Crippen molar-refractivity contribution in [2.75, 3.05) is 0 Å². The lowest BCUT2D eigenvalue weighted by Gasteiger charge is -2.01. The Hall–Kier alpha value is -3.17. The van der Waals surface area contributed by atoms with Gasteiger partial charge in [-0.2, -0.15) is 5.26 Å². The molecule has 7 heteroatoms. The van der Waals surface area contributed by atoms with Crippen molar-refractivity contribution in [2.24, 2.45) is 0 Å². The molecule has 0 N–H and O–H groups in total. The Morgan fingerprint density at radius 1 is 1.26 bits per heavy atom. The SMILES string of the molecule is N#Cc1ccc(OC(=O)/C=C/c2ccc(Cl)c([N+](=O)[O-])c2)cc1. The highest BCUT2D eigenvalue weighted by Gasteiger charge is 2.11. The van der Waals surface area contributed by atoms with Crippen LogP contribution in [0.4, 0.5) is 5.69 Å². The van der Waals surface area contributed by atoms with Crippen molar-refractivity contribution in [1.82, 2.24) is 0 Å². The molecule has 0 amide bonds. The first kappa shape index (κ1) is 16.2. The van der Waals surface area contributed by atoms with E-state index in [1.165, 1.54) is 42.5 Å². The fourth-order valence-corrected chi connectivity index (χ4v) is 1.87. The zero-order chi connectivity index (χ0) is 16.8. The predicted molar refractivity (Wildman–Crippen MR) is 83.9 cm³/mol. The van der Waals surface area contributed by atoms with Gasteiger partial charge in [0.25, 0.3) is 5.69 Å². The Bertz CT molecular complexity index is 823. The number of benzene rings is 2. The van der Waals surface area contributed by atoms with Crippen molar-refractivity contribution < 1.29 is 14.5 Å². The molecule has 0 saturated heterocycles. The molecule has 0 aromatic heterocycles. The standard InChI is InChI=1S/C16H9ClN2O4/c17-14-7-3-11(9-15(14)19(21)22)4-8-16(20)23-13-5-1-12(10-18)2-6-13/h1-9H/b8-4+. The van der Waals surface area contributed by atoms with Crippen LogP contribution in [0.5, 0.6) is 5.75 Å². The molecule has 0 saturated carbocycles. The average Bonchev–Trinajstić information content (AvgIpc) is 2.54. The van der Waals surface area contributed by atoms with Crippen LogP contribution >= 0.6 is 11.6 Å². The van der Waals surface area contributed by atoms with Gasteiger partial charge in [0, 0.05) is 12.1 Å². The summed E-state index contributed by atoms with van der Waals surface area (Å²) >= 11 is 5.71. The highest BCUT2D eigenvalue weighted by Crippen LogP contribution is 2.25. The Morgan fingerprint density at radius 2 is 1.96 bits per heavy atom. The van der Waals surface area contributed by atoms with Crippen LogP contribution in [0.2, 0.25) is 5.02 Å². The van der Waals surface area contributed by atoms with E-state index in [9.17, 15) is 14.9 Å². The number of hydrogen-bond donors (Lipinski definition) is 0. The first-order chi connectivity index (χ1) is 11.0. The first-order valence-corrected chi connectivity index (χ1v) is 6.71. The lowest BCUT2D eigenvalue weighted by molar-refractivity contribution is -0.384. The molecule has 0 spiro atoms. The van der Waals surface area contributed by atoms with Gasteiger partial charge in [0.1, 0.15) is 10.8 Å². The summed E-state index contributed by atoms with van der Waals surface area (Å²) < 4.78 is 5.04. The van der Waals surface area contributed by atoms with Gasteiger partial charge in [-0.15, -0.1) is 0 Å². The predicted octanol–water partition coefficient (Wildman–Crippen LogP) is 3.74. The van der Waals surface area contributed by atoms with E-state index in [4.69, 9.17) is 21.6 Å². The lowest BCUT2D eigenvalue weighted by Crippen LogP contribution is -2.03. The number of rotatable bonds is 4. The quantitative estimate of drug-likeness (QED) is 0.280. The van der Waals surface area contributed by atoms with E-state index in [2.05, 4.69) is 0 Å². The van der Waals surface area contributed by atoms with Crippen LogP contribution in [-0.4, -0.2) is 10.9 Å². The van der Waals surface area contributed by atoms with Crippen LogP contribution in [0.25, 0.3) is 6.08 Å². The molecule has 0 aliphatic carbocycles. The van der Waals surface area contributed by atoms with Crippen LogP contribution in [0.3, 0.4) is 0 Å². The van der Waals surface area contributed by atoms with E-state index in [0.29, 0.717) is 16.9 Å². The molecule has 0 aliphatic rings. The van der Waals surface area contributed by atoms with Gasteiger partial charge in [-0.05, 0) is 42.0 Å². The maximum atomic E-state index is 11.7. The van der Waals surface area contributed by atoms with Crippen molar-refractivity contribution in [1.29, 1.82) is 5.26 Å². The van der Waals surface area contributed by atoms with E-state index >= 15 is 0 Å². The highest BCUT2D eigenvalue weighted by atomic mass is 35.5. The summed E-state index contributed by atoms with van der Waals surface area (Å²) in [7, 11) is 0. The molecule has 23 heavy (non-hydrogen) atoms. The van der Waals surface area contributed by atoms with E-state index in [1.807, 2.05) is 6.07 Å². The Morgan fingerprint density at radius 3 is 2.57 bits per heavy atom. The van der Waals surface area contributed by atoms with Gasteiger partial charge in [-0.1, -0.05) is 17.7 Å². The Labute approximate surface area is 136 Å². The Kier molecular flexibility index (Phi) is 5.07. The molecule has 0 atom stereocenters. The van der Waals surface area contributed by atoms with Crippen LogP contribution in [-0.2, 0) is 4.79 Å². The number of halogens is 1. The number of nitro groups is 1. The third-order valence-corrected chi connectivity index (χ3v) is 3.10. The van der Waals surface area contributed by atoms with Gasteiger partial charge >= 0.3 is 5.97 Å². The van der Waals surface area contributed by atoms with E-state index < -0.39 is 10.9 Å². The minimum atomic E-state index is -0.646. The third kappa shape index (κ3) is 4.40. The zero-order valence-corrected chi connectivity index (χ0v) is 12.4. The highest BCUT2D eigenvalue weighted by molar-refractivity contribution is 6.32. The number of esters is 1. The molecule has 0 unspecified atom stereocenters. The summed E-state index contributed by atoms with van der Waals surface area (Å²) in [5.74, 6) is -0.354. The van der Waals surface area contributed by atoms with Crippen molar-refractivity contribution in [3.8, 4) is 11.8 Å². The van der Waals surface area contributed by atoms with E-state index in [-0.39, 0.29) is 10.7 Å². The lowest BCUT2D eigenvalue weighted by atomic mass is 10.2. The van der Waals surface area contributed by atoms with Crippen molar-refractivity contribution in [3.63, 3.8) is 0 Å². The molecule has 6 nitrogen and oxygen atoms in total. The molecule has 2 aromatic carbocycles. The van der Waals surface area contributed by atoms with E-state index in [0.717, 1.165) is 6.08 Å². The summed E-state index contributed by atoms with van der Waals surface area (Å²) in [5.41, 5.74) is 0.654. The Balaban J connectivity index is 2.07. The molecular weight excluding hydrogens is 320 g/mol. The molecule has 2 rings (SSSR count). The molecule has 0 aliphatic heterocycles. The minimum Gasteiger partial charge on any atom is -0.423 e. The van der Waals surface area contributed by atoms with Crippen molar-refractivity contribution in [3.05, 3.63) is 74.8 Å². The summed E-state index contributed by atoms with van der Waals surface area (Å²) in [6.07, 6.45) is 2.53. The van der Waals surface area contributed by atoms with Gasteiger partial charge in [-0.25, -0.2) is 4.79 Å². The van der Waals surface area contributed by atoms with Gasteiger partial charge in [-0.3, -0.25) is 10.1 Å². The number of ether oxygens (including phenoxy) is 1. The second-order valence-corrected chi connectivity index (χ2v) is 4.77. The van der Waals surface area contributed by atoms with Crippen LogP contribution in [0.1, 0.15) is 11.1 Å². The van der Waals surface area contributed by atoms with Crippen molar-refractivity contribution in [2.45, 2.75) is 0 Å². The number of hydrogen-bond acceptors (Lipinski definition) is 5.